The first kappa shape index (κ1) is 18.2. The molecule has 1 fully saturated rings. The molecule has 0 spiro atoms. The fourth-order valence-corrected chi connectivity index (χ4v) is 3.17. The number of ketones is 1. The summed E-state index contributed by atoms with van der Waals surface area (Å²) in [5.74, 6) is 0.642. The summed E-state index contributed by atoms with van der Waals surface area (Å²) in [4.78, 5) is 12.2. The van der Waals surface area contributed by atoms with Gasteiger partial charge in [-0.2, -0.15) is 0 Å². The van der Waals surface area contributed by atoms with E-state index >= 15 is 0 Å². The standard InChI is InChI=1S/C20H28BNO3/c1-14(2)11-17(23)13-22-10-9-15-7-8-16(12-18(15)22)21-24-19(3,4)20(5,6)25-21/h7-10,12,14H,11,13H2,1-6H3. The van der Waals surface area contributed by atoms with Crippen LogP contribution >= 0.6 is 0 Å². The summed E-state index contributed by atoms with van der Waals surface area (Å²) < 4.78 is 14.3. The highest BCUT2D eigenvalue weighted by molar-refractivity contribution is 6.62. The van der Waals surface area contributed by atoms with Crippen LogP contribution in [0.2, 0.25) is 0 Å². The summed E-state index contributed by atoms with van der Waals surface area (Å²) in [6.07, 6.45) is 2.59. The first-order chi connectivity index (χ1) is 11.6. The van der Waals surface area contributed by atoms with E-state index in [1.807, 2.05) is 22.9 Å². The van der Waals surface area contributed by atoms with Gasteiger partial charge in [-0.3, -0.25) is 4.79 Å². The van der Waals surface area contributed by atoms with Crippen LogP contribution in [0.15, 0.2) is 30.5 Å². The van der Waals surface area contributed by atoms with E-state index in [0.29, 0.717) is 18.9 Å². The largest absolute Gasteiger partial charge is 0.494 e. The van der Waals surface area contributed by atoms with Gasteiger partial charge in [0.2, 0.25) is 0 Å². The number of benzene rings is 1. The zero-order valence-electron chi connectivity index (χ0n) is 16.1. The Hall–Kier alpha value is -1.59. The van der Waals surface area contributed by atoms with Gasteiger partial charge < -0.3 is 13.9 Å². The molecule has 0 N–H and O–H groups in total. The summed E-state index contributed by atoms with van der Waals surface area (Å²) >= 11 is 0. The van der Waals surface area contributed by atoms with Crippen LogP contribution in [0, 0.1) is 5.92 Å². The highest BCUT2D eigenvalue weighted by Crippen LogP contribution is 2.36. The van der Waals surface area contributed by atoms with Gasteiger partial charge in [0, 0.05) is 18.1 Å². The van der Waals surface area contributed by atoms with Gasteiger partial charge in [0.05, 0.1) is 17.7 Å². The first-order valence-corrected chi connectivity index (χ1v) is 9.05. The van der Waals surface area contributed by atoms with Crippen LogP contribution in [0.4, 0.5) is 0 Å². The van der Waals surface area contributed by atoms with Gasteiger partial charge in [-0.15, -0.1) is 0 Å². The van der Waals surface area contributed by atoms with Crippen molar-refractivity contribution in [3.05, 3.63) is 30.5 Å². The average Bonchev–Trinajstić information content (AvgIpc) is 2.96. The number of hydrogen-bond acceptors (Lipinski definition) is 3. The van der Waals surface area contributed by atoms with Gasteiger partial charge in [-0.1, -0.05) is 26.0 Å². The number of hydrogen-bond donors (Lipinski definition) is 0. The molecule has 4 nitrogen and oxygen atoms in total. The minimum Gasteiger partial charge on any atom is -0.399 e. The lowest BCUT2D eigenvalue weighted by atomic mass is 9.79. The number of Topliss-reactive ketones (excluding diaryl/α,β-unsaturated/α-hetero) is 1. The van der Waals surface area contributed by atoms with E-state index in [9.17, 15) is 4.79 Å². The Labute approximate surface area is 150 Å². The Morgan fingerprint density at radius 2 is 1.76 bits per heavy atom. The molecule has 0 amide bonds. The lowest BCUT2D eigenvalue weighted by Crippen LogP contribution is -2.41. The summed E-state index contributed by atoms with van der Waals surface area (Å²) in [7, 11) is -0.385. The predicted octanol–water partition coefficient (Wildman–Crippen LogP) is 3.56. The van der Waals surface area contributed by atoms with Crippen molar-refractivity contribution in [2.45, 2.75) is 65.7 Å². The molecule has 2 aromatic rings. The van der Waals surface area contributed by atoms with Crippen molar-refractivity contribution in [2.24, 2.45) is 5.92 Å². The maximum atomic E-state index is 12.2. The van der Waals surface area contributed by atoms with E-state index in [-0.39, 0.29) is 24.1 Å². The van der Waals surface area contributed by atoms with Crippen molar-refractivity contribution in [1.29, 1.82) is 0 Å². The average molecular weight is 341 g/mol. The Balaban J connectivity index is 1.87. The summed E-state index contributed by atoms with van der Waals surface area (Å²) in [6, 6.07) is 8.25. The minimum absolute atomic E-state index is 0.258. The molecule has 134 valence electrons. The SMILES string of the molecule is CC(C)CC(=O)Cn1ccc2ccc(B3OC(C)(C)C(C)(C)O3)cc21. The van der Waals surface area contributed by atoms with Gasteiger partial charge in [-0.25, -0.2) is 0 Å². The van der Waals surface area contributed by atoms with Crippen LogP contribution in [0.3, 0.4) is 0 Å². The van der Waals surface area contributed by atoms with Gasteiger partial charge in [0.15, 0.2) is 5.78 Å². The summed E-state index contributed by atoms with van der Waals surface area (Å²) in [6.45, 7) is 12.8. The fourth-order valence-electron chi connectivity index (χ4n) is 3.17. The van der Waals surface area contributed by atoms with Crippen LogP contribution in [0.5, 0.6) is 0 Å². The Kier molecular flexibility index (Phi) is 4.58. The number of rotatable bonds is 5. The zero-order chi connectivity index (χ0) is 18.4. The lowest BCUT2D eigenvalue weighted by Gasteiger charge is -2.32. The lowest BCUT2D eigenvalue weighted by molar-refractivity contribution is -0.120. The molecule has 1 aromatic carbocycles. The first-order valence-electron chi connectivity index (χ1n) is 9.05. The third-order valence-corrected chi connectivity index (χ3v) is 5.31. The van der Waals surface area contributed by atoms with Crippen molar-refractivity contribution in [2.75, 3.05) is 0 Å². The molecule has 5 heteroatoms. The molecule has 0 atom stereocenters. The second-order valence-electron chi connectivity index (χ2n) is 8.49. The third-order valence-electron chi connectivity index (χ3n) is 5.31. The molecule has 3 rings (SSSR count). The smallest absolute Gasteiger partial charge is 0.399 e. The van der Waals surface area contributed by atoms with Gasteiger partial charge in [0.25, 0.3) is 0 Å². The Morgan fingerprint density at radius 3 is 2.36 bits per heavy atom. The Morgan fingerprint density at radius 1 is 1.12 bits per heavy atom. The van der Waals surface area contributed by atoms with Gasteiger partial charge in [0.1, 0.15) is 0 Å². The van der Waals surface area contributed by atoms with E-state index < -0.39 is 0 Å². The van der Waals surface area contributed by atoms with Crippen LogP contribution in [-0.4, -0.2) is 28.7 Å². The van der Waals surface area contributed by atoms with E-state index in [0.717, 1.165) is 16.4 Å². The maximum Gasteiger partial charge on any atom is 0.494 e. The number of aromatic nitrogens is 1. The van der Waals surface area contributed by atoms with Gasteiger partial charge >= 0.3 is 7.12 Å². The van der Waals surface area contributed by atoms with Crippen molar-refractivity contribution in [3.63, 3.8) is 0 Å². The van der Waals surface area contributed by atoms with Gasteiger partial charge in [-0.05, 0) is 56.6 Å². The number of nitrogens with zero attached hydrogens (tertiary/aromatic N) is 1. The highest BCUT2D eigenvalue weighted by atomic mass is 16.7. The third kappa shape index (κ3) is 3.53. The normalized spacial score (nSPS) is 19.1. The van der Waals surface area contributed by atoms with E-state index in [4.69, 9.17) is 9.31 Å². The maximum absolute atomic E-state index is 12.2. The molecule has 1 aromatic heterocycles. The molecule has 1 saturated heterocycles. The quantitative estimate of drug-likeness (QED) is 0.781. The number of carbonyl (C=O) groups is 1. The fraction of sp³-hybridized carbons (Fsp3) is 0.550. The van der Waals surface area contributed by atoms with E-state index in [1.165, 1.54) is 0 Å². The van der Waals surface area contributed by atoms with Crippen molar-refractivity contribution < 1.29 is 14.1 Å². The van der Waals surface area contributed by atoms with Crippen LogP contribution in [0.25, 0.3) is 10.9 Å². The molecule has 1 aliphatic heterocycles. The monoisotopic (exact) mass is 341 g/mol. The second kappa shape index (κ2) is 6.29. The minimum atomic E-state index is -0.385. The molecule has 0 radical (unpaired) electrons. The van der Waals surface area contributed by atoms with Crippen molar-refractivity contribution >= 4 is 29.3 Å². The molecule has 0 saturated carbocycles. The molecule has 2 heterocycles. The van der Waals surface area contributed by atoms with E-state index in [1.54, 1.807) is 0 Å². The molecule has 0 unspecified atom stereocenters. The molecule has 1 aliphatic rings. The van der Waals surface area contributed by atoms with Crippen molar-refractivity contribution in [1.82, 2.24) is 4.57 Å². The van der Waals surface area contributed by atoms with Crippen LogP contribution < -0.4 is 5.46 Å². The summed E-state index contributed by atoms with van der Waals surface area (Å²) in [5.41, 5.74) is 1.32. The van der Waals surface area contributed by atoms with Crippen LogP contribution in [-0.2, 0) is 20.6 Å². The topological polar surface area (TPSA) is 40.5 Å². The molecule has 25 heavy (non-hydrogen) atoms. The Bertz CT molecular complexity index is 775. The second-order valence-corrected chi connectivity index (χ2v) is 8.49. The highest BCUT2D eigenvalue weighted by Gasteiger charge is 2.51. The summed E-state index contributed by atoms with van der Waals surface area (Å²) in [5, 5.41) is 1.12. The van der Waals surface area contributed by atoms with Crippen LogP contribution in [0.1, 0.15) is 48.0 Å². The van der Waals surface area contributed by atoms with Crippen molar-refractivity contribution in [3.8, 4) is 0 Å². The number of carbonyl (C=O) groups excluding carboxylic acids is 1. The molecular weight excluding hydrogens is 313 g/mol. The molecule has 0 aliphatic carbocycles. The number of fused-ring (bicyclic) bond motifs is 1. The predicted molar refractivity (Wildman–Crippen MR) is 102 cm³/mol. The molecule has 0 bridgehead atoms. The zero-order valence-corrected chi connectivity index (χ0v) is 16.1. The van der Waals surface area contributed by atoms with E-state index in [2.05, 4.69) is 53.7 Å². The molecular formula is C20H28BNO3.